The number of nitrogens with two attached hydrogens (primary N) is 1. The first-order chi connectivity index (χ1) is 10.3. The summed E-state index contributed by atoms with van der Waals surface area (Å²) in [4.78, 5) is 0. The third-order valence-corrected chi connectivity index (χ3v) is 4.41. The molecule has 0 amide bonds. The van der Waals surface area contributed by atoms with Crippen LogP contribution in [0.4, 0.5) is 0 Å². The molecule has 2 aromatic rings. The number of alkyl halides is 2. The molecule has 0 saturated heterocycles. The van der Waals surface area contributed by atoms with Gasteiger partial charge in [-0.05, 0) is 45.7 Å². The van der Waals surface area contributed by atoms with Gasteiger partial charge in [0, 0.05) is 6.54 Å². The number of hydrogen-bond acceptors (Lipinski definition) is 1. The molecule has 2 aromatic carbocycles. The second kappa shape index (κ2) is 7.29. The van der Waals surface area contributed by atoms with Gasteiger partial charge in [0.1, 0.15) is 0 Å². The first-order valence-corrected chi connectivity index (χ1v) is 9.34. The van der Waals surface area contributed by atoms with Gasteiger partial charge in [0.15, 0.2) is 0 Å². The molecule has 0 heterocycles. The fraction of sp³-hybridized carbons (Fsp3) is 0.368. The van der Waals surface area contributed by atoms with E-state index in [0.29, 0.717) is 6.54 Å². The number of hydrogen-bond donors (Lipinski definition) is 1. The summed E-state index contributed by atoms with van der Waals surface area (Å²) in [6.45, 7) is 7.28. The maximum absolute atomic E-state index is 5.85. The van der Waals surface area contributed by atoms with Crippen molar-refractivity contribution in [3.05, 3.63) is 59.2 Å². The molecular weight excluding hydrogens is 402 g/mol. The summed E-state index contributed by atoms with van der Waals surface area (Å²) in [5, 5.41) is 0. The third-order valence-electron chi connectivity index (χ3n) is 3.76. The molecule has 0 fully saturated rings. The first kappa shape index (κ1) is 17.7. The molecule has 1 nitrogen and oxygen atoms in total. The predicted molar refractivity (Wildman–Crippen MR) is 104 cm³/mol. The largest absolute Gasteiger partial charge is 0.326 e. The van der Waals surface area contributed by atoms with Crippen LogP contribution in [0.1, 0.15) is 37.5 Å². The smallest absolute Gasteiger partial charge is 0.0738 e. The Morgan fingerprint density at radius 1 is 0.909 bits per heavy atom. The van der Waals surface area contributed by atoms with Crippen LogP contribution in [0.15, 0.2) is 42.5 Å². The first-order valence-electron chi connectivity index (χ1n) is 7.51. The van der Waals surface area contributed by atoms with E-state index in [4.69, 9.17) is 5.73 Å². The SMILES string of the molecule is CC(C)(C)c1ccc(-c2cc(CN)cc(CC(Br)Br)c2)cc1. The molecule has 0 aliphatic heterocycles. The van der Waals surface area contributed by atoms with Gasteiger partial charge in [-0.3, -0.25) is 0 Å². The average Bonchev–Trinajstić information content (AvgIpc) is 2.45. The second-order valence-corrected chi connectivity index (χ2v) is 10.1. The van der Waals surface area contributed by atoms with Gasteiger partial charge < -0.3 is 5.73 Å². The lowest BCUT2D eigenvalue weighted by Crippen LogP contribution is -2.10. The van der Waals surface area contributed by atoms with Crippen molar-refractivity contribution in [2.75, 3.05) is 0 Å². The Morgan fingerprint density at radius 2 is 1.50 bits per heavy atom. The van der Waals surface area contributed by atoms with Gasteiger partial charge in [0.05, 0.1) is 3.74 Å². The molecule has 2 rings (SSSR count). The summed E-state index contributed by atoms with van der Waals surface area (Å²) in [6, 6.07) is 15.5. The van der Waals surface area contributed by atoms with E-state index < -0.39 is 0 Å². The van der Waals surface area contributed by atoms with Crippen molar-refractivity contribution < 1.29 is 0 Å². The van der Waals surface area contributed by atoms with Crippen LogP contribution < -0.4 is 5.73 Å². The fourth-order valence-electron chi connectivity index (χ4n) is 2.51. The topological polar surface area (TPSA) is 26.0 Å². The lowest BCUT2D eigenvalue weighted by atomic mass is 9.86. The fourth-order valence-corrected chi connectivity index (χ4v) is 3.25. The zero-order valence-electron chi connectivity index (χ0n) is 13.4. The lowest BCUT2D eigenvalue weighted by Gasteiger charge is -2.19. The summed E-state index contributed by atoms with van der Waals surface area (Å²) in [5.41, 5.74) is 12.3. The van der Waals surface area contributed by atoms with Crippen LogP contribution in [0.3, 0.4) is 0 Å². The van der Waals surface area contributed by atoms with E-state index in [0.717, 1.165) is 6.42 Å². The molecule has 0 aliphatic rings. The van der Waals surface area contributed by atoms with Gasteiger partial charge in [-0.2, -0.15) is 0 Å². The van der Waals surface area contributed by atoms with Gasteiger partial charge in [0.25, 0.3) is 0 Å². The summed E-state index contributed by atoms with van der Waals surface area (Å²) < 4.78 is 0.282. The predicted octanol–water partition coefficient (Wildman–Crippen LogP) is 5.77. The van der Waals surface area contributed by atoms with Crippen molar-refractivity contribution in [3.8, 4) is 11.1 Å². The zero-order chi connectivity index (χ0) is 16.3. The number of benzene rings is 2. The van der Waals surface area contributed by atoms with E-state index in [2.05, 4.69) is 95.1 Å². The van der Waals surface area contributed by atoms with Crippen molar-refractivity contribution in [3.63, 3.8) is 0 Å². The summed E-state index contributed by atoms with van der Waals surface area (Å²) in [7, 11) is 0. The third kappa shape index (κ3) is 4.68. The summed E-state index contributed by atoms with van der Waals surface area (Å²) >= 11 is 7.11. The van der Waals surface area contributed by atoms with Gasteiger partial charge in [-0.25, -0.2) is 0 Å². The molecule has 0 aliphatic carbocycles. The number of rotatable bonds is 4. The Bertz CT molecular complexity index is 625. The van der Waals surface area contributed by atoms with Gasteiger partial charge in [0.2, 0.25) is 0 Å². The quantitative estimate of drug-likeness (QED) is 0.619. The Kier molecular flexibility index (Phi) is 5.87. The Labute approximate surface area is 150 Å². The molecule has 0 aromatic heterocycles. The highest BCUT2D eigenvalue weighted by Crippen LogP contribution is 2.28. The van der Waals surface area contributed by atoms with Crippen LogP contribution in [0, 0.1) is 0 Å². The molecule has 2 N–H and O–H groups in total. The van der Waals surface area contributed by atoms with E-state index in [1.54, 1.807) is 0 Å². The van der Waals surface area contributed by atoms with E-state index >= 15 is 0 Å². The Balaban J connectivity index is 2.38. The van der Waals surface area contributed by atoms with Crippen LogP contribution in [-0.4, -0.2) is 3.74 Å². The van der Waals surface area contributed by atoms with Crippen molar-refractivity contribution in [1.29, 1.82) is 0 Å². The van der Waals surface area contributed by atoms with Crippen LogP contribution in [-0.2, 0) is 18.4 Å². The summed E-state index contributed by atoms with van der Waals surface area (Å²) in [5.74, 6) is 0. The Morgan fingerprint density at radius 3 is 2.00 bits per heavy atom. The highest BCUT2D eigenvalue weighted by Gasteiger charge is 2.13. The zero-order valence-corrected chi connectivity index (χ0v) is 16.5. The Hall–Kier alpha value is -0.640. The van der Waals surface area contributed by atoms with Crippen molar-refractivity contribution >= 4 is 31.9 Å². The molecule has 0 unspecified atom stereocenters. The standard InChI is InChI=1S/C19H23Br2N/c1-19(2,3)17-6-4-15(5-7-17)16-9-13(11-18(20)21)8-14(10-16)12-22/h4-10,18H,11-12,22H2,1-3H3. The molecule has 0 bridgehead atoms. The van der Waals surface area contributed by atoms with E-state index in [-0.39, 0.29) is 9.15 Å². The molecule has 0 atom stereocenters. The van der Waals surface area contributed by atoms with Crippen LogP contribution in [0.25, 0.3) is 11.1 Å². The van der Waals surface area contributed by atoms with Crippen LogP contribution >= 0.6 is 31.9 Å². The van der Waals surface area contributed by atoms with E-state index in [1.807, 2.05) is 0 Å². The summed E-state index contributed by atoms with van der Waals surface area (Å²) in [6.07, 6.45) is 0.931. The highest BCUT2D eigenvalue weighted by atomic mass is 79.9. The van der Waals surface area contributed by atoms with Crippen molar-refractivity contribution in [2.24, 2.45) is 5.73 Å². The average molecular weight is 425 g/mol. The number of halogens is 2. The van der Waals surface area contributed by atoms with Gasteiger partial charge >= 0.3 is 0 Å². The molecular formula is C19H23Br2N. The maximum atomic E-state index is 5.85. The lowest BCUT2D eigenvalue weighted by molar-refractivity contribution is 0.590. The minimum atomic E-state index is 0.182. The maximum Gasteiger partial charge on any atom is 0.0738 e. The highest BCUT2D eigenvalue weighted by molar-refractivity contribution is 9.24. The van der Waals surface area contributed by atoms with Gasteiger partial charge in [-0.15, -0.1) is 0 Å². The van der Waals surface area contributed by atoms with Crippen LogP contribution in [0.2, 0.25) is 0 Å². The van der Waals surface area contributed by atoms with Crippen LogP contribution in [0.5, 0.6) is 0 Å². The molecule has 0 radical (unpaired) electrons. The van der Waals surface area contributed by atoms with Gasteiger partial charge in [-0.1, -0.05) is 89.0 Å². The minimum Gasteiger partial charge on any atom is -0.326 e. The molecule has 3 heteroatoms. The monoisotopic (exact) mass is 423 g/mol. The van der Waals surface area contributed by atoms with E-state index in [9.17, 15) is 0 Å². The minimum absolute atomic E-state index is 0.182. The molecule has 118 valence electrons. The second-order valence-electron chi connectivity index (χ2n) is 6.66. The molecule has 0 saturated carbocycles. The van der Waals surface area contributed by atoms with Crippen molar-refractivity contribution in [2.45, 2.75) is 42.9 Å². The molecule has 0 spiro atoms. The van der Waals surface area contributed by atoms with Crippen molar-refractivity contribution in [1.82, 2.24) is 0 Å². The normalized spacial score (nSPS) is 12.0. The van der Waals surface area contributed by atoms with E-state index in [1.165, 1.54) is 27.8 Å². The molecule has 22 heavy (non-hydrogen) atoms.